The Balaban J connectivity index is 1.79. The molecule has 0 saturated carbocycles. The molecule has 0 amide bonds. The quantitative estimate of drug-likeness (QED) is 0.727. The van der Waals surface area contributed by atoms with Gasteiger partial charge in [-0.1, -0.05) is 25.1 Å². The number of hydrogen-bond donors (Lipinski definition) is 2. The number of alkyl halides is 3. The van der Waals surface area contributed by atoms with E-state index < -0.39 is 17.4 Å². The van der Waals surface area contributed by atoms with Crippen LogP contribution in [0.4, 0.5) is 13.2 Å². The molecular weight excluding hydrogens is 361 g/mol. The van der Waals surface area contributed by atoms with Crippen LogP contribution in [0, 0.1) is 5.41 Å². The molecule has 2 N–H and O–H groups in total. The molecule has 1 saturated heterocycles. The number of ether oxygens (including phenoxy) is 1. The molecule has 2 heterocycles. The minimum atomic E-state index is -4.76. The van der Waals surface area contributed by atoms with Gasteiger partial charge in [-0.3, -0.25) is 0 Å². The largest absolute Gasteiger partial charge is 0.573 e. The summed E-state index contributed by atoms with van der Waals surface area (Å²) < 4.78 is 46.4. The molecule has 1 aromatic heterocycles. The molecule has 1 aliphatic heterocycles. The molecule has 5 nitrogen and oxygen atoms in total. The van der Waals surface area contributed by atoms with Crippen molar-refractivity contribution in [3.05, 3.63) is 60.0 Å². The number of fused-ring (bicyclic) bond motifs is 1. The Kier molecular flexibility index (Phi) is 3.94. The van der Waals surface area contributed by atoms with Gasteiger partial charge in [-0.05, 0) is 35.4 Å². The van der Waals surface area contributed by atoms with Gasteiger partial charge >= 0.3 is 6.36 Å². The molecule has 142 valence electrons. The van der Waals surface area contributed by atoms with Gasteiger partial charge in [0.15, 0.2) is 12.0 Å². The second kappa shape index (κ2) is 5.97. The first-order valence-corrected chi connectivity index (χ1v) is 8.34. The van der Waals surface area contributed by atoms with Crippen molar-refractivity contribution >= 4 is 11.1 Å². The van der Waals surface area contributed by atoms with Gasteiger partial charge in [0.1, 0.15) is 16.9 Å². The van der Waals surface area contributed by atoms with Crippen LogP contribution >= 0.6 is 0 Å². The van der Waals surface area contributed by atoms with Crippen LogP contribution in [-0.4, -0.2) is 29.5 Å². The Bertz CT molecular complexity index is 964. The Labute approximate surface area is 152 Å². The summed E-state index contributed by atoms with van der Waals surface area (Å²) in [7, 11) is 0. The summed E-state index contributed by atoms with van der Waals surface area (Å²) in [6, 6.07) is 10.5. The fourth-order valence-corrected chi connectivity index (χ4v) is 3.60. The molecular formula is C19H17F3N2O3. The second-order valence-corrected chi connectivity index (χ2v) is 6.98. The lowest BCUT2D eigenvalue weighted by atomic mass is 9.62. The van der Waals surface area contributed by atoms with Crippen LogP contribution in [0.2, 0.25) is 0 Å². The monoisotopic (exact) mass is 378 g/mol. The predicted molar refractivity (Wildman–Crippen MR) is 91.1 cm³/mol. The number of halogens is 3. The summed E-state index contributed by atoms with van der Waals surface area (Å²) in [6.45, 7) is 3.04. The molecule has 1 atom stereocenters. The van der Waals surface area contributed by atoms with Gasteiger partial charge in [-0.15, -0.1) is 13.2 Å². The zero-order valence-corrected chi connectivity index (χ0v) is 14.4. The molecule has 0 radical (unpaired) electrons. The van der Waals surface area contributed by atoms with Crippen molar-refractivity contribution in [3.63, 3.8) is 0 Å². The highest BCUT2D eigenvalue weighted by Crippen LogP contribution is 2.48. The van der Waals surface area contributed by atoms with E-state index in [1.807, 2.05) is 6.92 Å². The zero-order valence-electron chi connectivity index (χ0n) is 14.4. The summed E-state index contributed by atoms with van der Waals surface area (Å²) in [6.07, 6.45) is -3.44. The van der Waals surface area contributed by atoms with Crippen molar-refractivity contribution in [1.29, 1.82) is 0 Å². The van der Waals surface area contributed by atoms with E-state index in [4.69, 9.17) is 4.42 Å². The molecule has 0 aliphatic carbocycles. The van der Waals surface area contributed by atoms with E-state index in [-0.39, 0.29) is 5.75 Å². The van der Waals surface area contributed by atoms with Crippen LogP contribution in [0.15, 0.2) is 53.3 Å². The summed E-state index contributed by atoms with van der Waals surface area (Å²) in [5.41, 5.74) is 0.283. The van der Waals surface area contributed by atoms with Crippen LogP contribution < -0.4 is 10.1 Å². The normalized spacial score (nSPS) is 18.7. The number of nitrogens with zero attached hydrogens (tertiary/aromatic N) is 1. The van der Waals surface area contributed by atoms with Gasteiger partial charge in [-0.2, -0.15) is 0 Å². The highest BCUT2D eigenvalue weighted by atomic mass is 19.4. The van der Waals surface area contributed by atoms with E-state index in [9.17, 15) is 18.3 Å². The maximum absolute atomic E-state index is 12.4. The fourth-order valence-electron chi connectivity index (χ4n) is 3.60. The molecule has 1 unspecified atom stereocenters. The number of nitrogens with one attached hydrogen (secondary N) is 1. The Morgan fingerprint density at radius 3 is 2.37 bits per heavy atom. The van der Waals surface area contributed by atoms with Crippen molar-refractivity contribution in [2.75, 3.05) is 13.1 Å². The van der Waals surface area contributed by atoms with Crippen LogP contribution in [0.1, 0.15) is 18.1 Å². The van der Waals surface area contributed by atoms with E-state index in [1.165, 1.54) is 30.7 Å². The topological polar surface area (TPSA) is 67.5 Å². The average molecular weight is 378 g/mol. The average Bonchev–Trinajstić information content (AvgIpc) is 3.06. The number of rotatable bonds is 4. The van der Waals surface area contributed by atoms with Gasteiger partial charge < -0.3 is 19.6 Å². The van der Waals surface area contributed by atoms with Gasteiger partial charge in [-0.25, -0.2) is 4.98 Å². The first kappa shape index (κ1) is 17.8. The highest BCUT2D eigenvalue weighted by molar-refractivity contribution is 5.73. The Morgan fingerprint density at radius 1 is 1.11 bits per heavy atom. The van der Waals surface area contributed by atoms with Crippen molar-refractivity contribution in [1.82, 2.24) is 10.3 Å². The number of hydrogen-bond acceptors (Lipinski definition) is 5. The smallest absolute Gasteiger partial charge is 0.443 e. The van der Waals surface area contributed by atoms with Crippen molar-refractivity contribution < 1.29 is 27.4 Å². The molecule has 8 heteroatoms. The summed E-state index contributed by atoms with van der Waals surface area (Å²) in [5, 5.41) is 14.9. The first-order chi connectivity index (χ1) is 12.7. The number of aromatic nitrogens is 1. The van der Waals surface area contributed by atoms with Gasteiger partial charge in [0.2, 0.25) is 0 Å². The van der Waals surface area contributed by atoms with E-state index in [0.29, 0.717) is 35.3 Å². The third kappa shape index (κ3) is 2.94. The van der Waals surface area contributed by atoms with Crippen LogP contribution in [0.3, 0.4) is 0 Å². The van der Waals surface area contributed by atoms with E-state index in [0.717, 1.165) is 0 Å². The zero-order chi connectivity index (χ0) is 19.3. The van der Waals surface area contributed by atoms with Crippen molar-refractivity contribution in [3.8, 4) is 5.75 Å². The number of oxazole rings is 1. The summed E-state index contributed by atoms with van der Waals surface area (Å²) in [5.74, 6) is -0.336. The van der Waals surface area contributed by atoms with Crippen LogP contribution in [0.5, 0.6) is 5.75 Å². The lowest BCUT2D eigenvalue weighted by Gasteiger charge is -2.52. The lowest BCUT2D eigenvalue weighted by Crippen LogP contribution is -2.63. The van der Waals surface area contributed by atoms with E-state index in [1.54, 1.807) is 18.2 Å². The SMILES string of the molecule is CC1(C(O)(c2ccc(OC(F)(F)F)cc2)c2ccc3ocnc3c2)CNC1. The van der Waals surface area contributed by atoms with Gasteiger partial charge in [0, 0.05) is 18.5 Å². The van der Waals surface area contributed by atoms with Crippen molar-refractivity contribution in [2.45, 2.75) is 18.9 Å². The first-order valence-electron chi connectivity index (χ1n) is 8.34. The molecule has 3 aromatic rings. The summed E-state index contributed by atoms with van der Waals surface area (Å²) >= 11 is 0. The van der Waals surface area contributed by atoms with Gasteiger partial charge in [0.25, 0.3) is 0 Å². The highest BCUT2D eigenvalue weighted by Gasteiger charge is 2.53. The molecule has 0 bridgehead atoms. The standard InChI is InChI=1S/C19H17F3N2O3/c1-17(9-23-10-17)18(25,13-4-7-16-15(8-13)24-11-26-16)12-2-5-14(6-3-12)27-19(20,21)22/h2-8,11,23,25H,9-10H2,1H3. The van der Waals surface area contributed by atoms with E-state index >= 15 is 0 Å². The molecule has 4 rings (SSSR count). The minimum absolute atomic E-state index is 0.336. The third-order valence-electron chi connectivity index (χ3n) is 5.16. The van der Waals surface area contributed by atoms with Crippen LogP contribution in [0.25, 0.3) is 11.1 Å². The molecule has 2 aromatic carbocycles. The maximum atomic E-state index is 12.4. The van der Waals surface area contributed by atoms with Crippen molar-refractivity contribution in [2.24, 2.45) is 5.41 Å². The van der Waals surface area contributed by atoms with Crippen LogP contribution in [-0.2, 0) is 5.60 Å². The summed E-state index contributed by atoms with van der Waals surface area (Å²) in [4.78, 5) is 4.13. The third-order valence-corrected chi connectivity index (χ3v) is 5.16. The Hall–Kier alpha value is -2.58. The number of aliphatic hydroxyl groups is 1. The van der Waals surface area contributed by atoms with Gasteiger partial charge in [0.05, 0.1) is 0 Å². The number of benzene rings is 2. The van der Waals surface area contributed by atoms with E-state index in [2.05, 4.69) is 15.0 Å². The second-order valence-electron chi connectivity index (χ2n) is 6.98. The molecule has 1 fully saturated rings. The maximum Gasteiger partial charge on any atom is 0.573 e. The fraction of sp³-hybridized carbons (Fsp3) is 0.316. The minimum Gasteiger partial charge on any atom is -0.443 e. The predicted octanol–water partition coefficient (Wildman–Crippen LogP) is 3.57. The molecule has 1 aliphatic rings. The molecule has 27 heavy (non-hydrogen) atoms. The Morgan fingerprint density at radius 2 is 1.78 bits per heavy atom. The lowest BCUT2D eigenvalue weighted by molar-refractivity contribution is -0.274. The molecule has 0 spiro atoms.